The van der Waals surface area contributed by atoms with Gasteiger partial charge in [0.2, 0.25) is 0 Å². The van der Waals surface area contributed by atoms with Gasteiger partial charge in [0.25, 0.3) is 0 Å². The highest BCUT2D eigenvalue weighted by Crippen LogP contribution is 2.17. The molecule has 0 bridgehead atoms. The number of nitrogens with two attached hydrogens (primary N) is 1. The summed E-state index contributed by atoms with van der Waals surface area (Å²) in [5, 5.41) is 0. The highest BCUT2D eigenvalue weighted by molar-refractivity contribution is 7.80. The minimum Gasteiger partial charge on any atom is -0.492 e. The van der Waals surface area contributed by atoms with Crippen LogP contribution in [0.15, 0.2) is 24.3 Å². The van der Waals surface area contributed by atoms with Crippen LogP contribution >= 0.6 is 12.2 Å². The number of thiocarbonyl (C=S) groups is 1. The van der Waals surface area contributed by atoms with E-state index in [1.165, 1.54) is 0 Å². The van der Waals surface area contributed by atoms with Crippen LogP contribution in [-0.4, -0.2) is 36.1 Å². The smallest absolute Gasteiger partial charge is 0.129 e. The fraction of sp³-hybridized carbons (Fsp3) is 0.462. The molecule has 0 unspecified atom stereocenters. The largest absolute Gasteiger partial charge is 0.492 e. The number of benzene rings is 1. The second-order valence-electron chi connectivity index (χ2n) is 3.74. The van der Waals surface area contributed by atoms with Gasteiger partial charge in [-0.2, -0.15) is 0 Å². The van der Waals surface area contributed by atoms with Gasteiger partial charge in [-0.15, -0.1) is 0 Å². The molecule has 0 aliphatic carbocycles. The second-order valence-corrected chi connectivity index (χ2v) is 4.18. The maximum atomic E-state index is 5.72. The van der Waals surface area contributed by atoms with Gasteiger partial charge in [0.05, 0.1) is 5.56 Å². The van der Waals surface area contributed by atoms with Crippen LogP contribution in [0.3, 0.4) is 0 Å². The number of hydrogen-bond acceptors (Lipinski definition) is 3. The van der Waals surface area contributed by atoms with E-state index in [0.717, 1.165) is 30.9 Å². The molecule has 1 aromatic carbocycles. The first-order valence-electron chi connectivity index (χ1n) is 5.93. The molecular formula is C13H20N2OS. The van der Waals surface area contributed by atoms with E-state index in [0.29, 0.717) is 11.6 Å². The molecule has 3 nitrogen and oxygen atoms in total. The Bertz CT molecular complexity index is 364. The molecular weight excluding hydrogens is 232 g/mol. The van der Waals surface area contributed by atoms with Crippen molar-refractivity contribution >= 4 is 17.2 Å². The molecule has 0 fully saturated rings. The van der Waals surface area contributed by atoms with E-state index in [1.54, 1.807) is 0 Å². The van der Waals surface area contributed by atoms with Crippen LogP contribution in [0.5, 0.6) is 5.75 Å². The third-order valence-corrected chi connectivity index (χ3v) is 2.93. The normalized spacial score (nSPS) is 10.5. The fourth-order valence-corrected chi connectivity index (χ4v) is 1.79. The zero-order valence-corrected chi connectivity index (χ0v) is 11.3. The lowest BCUT2D eigenvalue weighted by Crippen LogP contribution is -2.28. The van der Waals surface area contributed by atoms with Gasteiger partial charge in [-0.1, -0.05) is 38.2 Å². The van der Waals surface area contributed by atoms with Crippen LogP contribution in [0.2, 0.25) is 0 Å². The van der Waals surface area contributed by atoms with Gasteiger partial charge in [-0.25, -0.2) is 0 Å². The van der Waals surface area contributed by atoms with Crippen LogP contribution in [-0.2, 0) is 0 Å². The van der Waals surface area contributed by atoms with E-state index in [1.807, 2.05) is 24.3 Å². The zero-order valence-electron chi connectivity index (χ0n) is 10.5. The molecule has 0 heterocycles. The predicted molar refractivity (Wildman–Crippen MR) is 75.6 cm³/mol. The van der Waals surface area contributed by atoms with Crippen molar-refractivity contribution in [3.63, 3.8) is 0 Å². The van der Waals surface area contributed by atoms with Crippen molar-refractivity contribution in [1.82, 2.24) is 4.90 Å². The van der Waals surface area contributed by atoms with Crippen molar-refractivity contribution in [1.29, 1.82) is 0 Å². The molecule has 1 aromatic rings. The van der Waals surface area contributed by atoms with Crippen LogP contribution in [0.4, 0.5) is 0 Å². The molecule has 0 amide bonds. The summed E-state index contributed by atoms with van der Waals surface area (Å²) in [7, 11) is 0. The number of hydrogen-bond donors (Lipinski definition) is 1. The number of para-hydroxylation sites is 1. The minimum atomic E-state index is 0.378. The van der Waals surface area contributed by atoms with Crippen molar-refractivity contribution in [2.24, 2.45) is 5.73 Å². The van der Waals surface area contributed by atoms with E-state index in [-0.39, 0.29) is 0 Å². The summed E-state index contributed by atoms with van der Waals surface area (Å²) in [6.07, 6.45) is 0. The highest BCUT2D eigenvalue weighted by atomic mass is 32.1. The molecule has 0 spiro atoms. The lowest BCUT2D eigenvalue weighted by Gasteiger charge is -2.18. The molecule has 0 atom stereocenters. The SMILES string of the molecule is CCN(CC)CCOc1ccccc1C(N)=S. The van der Waals surface area contributed by atoms with Gasteiger partial charge < -0.3 is 15.4 Å². The third kappa shape index (κ3) is 4.32. The Labute approximate surface area is 109 Å². The summed E-state index contributed by atoms with van der Waals surface area (Å²) in [5.74, 6) is 0.771. The van der Waals surface area contributed by atoms with Crippen LogP contribution in [0.25, 0.3) is 0 Å². The first-order valence-corrected chi connectivity index (χ1v) is 6.33. The minimum absolute atomic E-state index is 0.378. The number of nitrogens with zero attached hydrogens (tertiary/aromatic N) is 1. The van der Waals surface area contributed by atoms with Gasteiger partial charge in [0.1, 0.15) is 17.3 Å². The highest BCUT2D eigenvalue weighted by Gasteiger charge is 2.05. The lowest BCUT2D eigenvalue weighted by molar-refractivity contribution is 0.222. The molecule has 17 heavy (non-hydrogen) atoms. The monoisotopic (exact) mass is 252 g/mol. The van der Waals surface area contributed by atoms with Crippen molar-refractivity contribution in [2.75, 3.05) is 26.2 Å². The topological polar surface area (TPSA) is 38.5 Å². The Morgan fingerprint density at radius 2 is 1.94 bits per heavy atom. The summed E-state index contributed by atoms with van der Waals surface area (Å²) >= 11 is 4.98. The average Bonchev–Trinajstić information content (AvgIpc) is 2.35. The Morgan fingerprint density at radius 1 is 1.29 bits per heavy atom. The number of rotatable bonds is 7. The van der Waals surface area contributed by atoms with Crippen LogP contribution in [0.1, 0.15) is 19.4 Å². The summed E-state index contributed by atoms with van der Waals surface area (Å²) in [6, 6.07) is 7.62. The maximum absolute atomic E-state index is 5.72. The van der Waals surface area contributed by atoms with E-state index >= 15 is 0 Å². The van der Waals surface area contributed by atoms with Crippen LogP contribution in [0, 0.1) is 0 Å². The number of likely N-dealkylation sites (N-methyl/N-ethyl adjacent to an activating group) is 1. The second kappa shape index (κ2) is 7.25. The lowest BCUT2D eigenvalue weighted by atomic mass is 10.2. The Morgan fingerprint density at radius 3 is 2.53 bits per heavy atom. The maximum Gasteiger partial charge on any atom is 0.129 e. The van der Waals surface area contributed by atoms with Crippen LogP contribution < -0.4 is 10.5 Å². The van der Waals surface area contributed by atoms with Crippen molar-refractivity contribution in [3.05, 3.63) is 29.8 Å². The van der Waals surface area contributed by atoms with Gasteiger partial charge in [-0.3, -0.25) is 0 Å². The van der Waals surface area contributed by atoms with E-state index in [2.05, 4.69) is 18.7 Å². The molecule has 4 heteroatoms. The van der Waals surface area contributed by atoms with Gasteiger partial charge in [-0.05, 0) is 25.2 Å². The van der Waals surface area contributed by atoms with E-state index in [4.69, 9.17) is 22.7 Å². The fourth-order valence-electron chi connectivity index (χ4n) is 1.62. The number of ether oxygens (including phenoxy) is 1. The van der Waals surface area contributed by atoms with Gasteiger partial charge >= 0.3 is 0 Å². The first kappa shape index (κ1) is 13.9. The van der Waals surface area contributed by atoms with Gasteiger partial charge in [0, 0.05) is 6.54 Å². The molecule has 0 aliphatic rings. The molecule has 94 valence electrons. The van der Waals surface area contributed by atoms with Gasteiger partial charge in [0.15, 0.2) is 0 Å². The van der Waals surface area contributed by atoms with E-state index in [9.17, 15) is 0 Å². The Hall–Kier alpha value is -1.13. The van der Waals surface area contributed by atoms with Crippen molar-refractivity contribution in [2.45, 2.75) is 13.8 Å². The summed E-state index contributed by atoms with van der Waals surface area (Å²) < 4.78 is 5.72. The van der Waals surface area contributed by atoms with Crippen molar-refractivity contribution < 1.29 is 4.74 Å². The molecule has 0 radical (unpaired) electrons. The summed E-state index contributed by atoms with van der Waals surface area (Å²) in [5.41, 5.74) is 6.45. The predicted octanol–water partition coefficient (Wildman–Crippen LogP) is 2.04. The van der Waals surface area contributed by atoms with Crippen molar-refractivity contribution in [3.8, 4) is 5.75 Å². The van der Waals surface area contributed by atoms with E-state index < -0.39 is 0 Å². The third-order valence-electron chi connectivity index (χ3n) is 2.71. The Kier molecular flexibility index (Phi) is 5.94. The quantitative estimate of drug-likeness (QED) is 0.754. The molecule has 2 N–H and O–H groups in total. The Balaban J connectivity index is 2.54. The first-order chi connectivity index (χ1) is 8.19. The zero-order chi connectivity index (χ0) is 12.7. The molecule has 0 aliphatic heterocycles. The summed E-state index contributed by atoms with van der Waals surface area (Å²) in [4.78, 5) is 2.69. The standard InChI is InChI=1S/C13H20N2OS/c1-3-15(4-2)9-10-16-12-8-6-5-7-11(12)13(14)17/h5-8H,3-4,9-10H2,1-2H3,(H2,14,17). The molecule has 0 saturated carbocycles. The molecule has 1 rings (SSSR count). The average molecular weight is 252 g/mol. The summed E-state index contributed by atoms with van der Waals surface area (Å²) in [6.45, 7) is 7.94. The molecule has 0 saturated heterocycles. The molecule has 0 aromatic heterocycles.